The van der Waals surface area contributed by atoms with Gasteiger partial charge in [0, 0.05) is 31.2 Å². The van der Waals surface area contributed by atoms with E-state index in [4.69, 9.17) is 14.2 Å². The first-order valence-corrected chi connectivity index (χ1v) is 13.9. The zero-order valence-electron chi connectivity index (χ0n) is 24.5. The molecule has 208 valence electrons. The molecule has 1 heterocycles. The molecule has 0 bridgehead atoms. The zero-order valence-corrected chi connectivity index (χ0v) is 24.5. The Hall–Kier alpha value is -3.79. The molecule has 0 unspecified atom stereocenters. The molecular weight excluding hydrogens is 498 g/mol. The molecule has 0 saturated carbocycles. The van der Waals surface area contributed by atoms with Gasteiger partial charge >= 0.3 is 0 Å². The van der Waals surface area contributed by atoms with Crippen molar-refractivity contribution in [2.45, 2.75) is 65.1 Å². The summed E-state index contributed by atoms with van der Waals surface area (Å²) in [5.41, 5.74) is 6.84. The Bertz CT molecular complexity index is 1490. The minimum Gasteiger partial charge on any atom is -0.492 e. The number of nitrogens with zero attached hydrogens (tertiary/aromatic N) is 3. The number of ether oxygens (including phenoxy) is 3. The third-order valence-electron chi connectivity index (χ3n) is 7.64. The average Bonchev–Trinajstić information content (AvgIpc) is 2.98. The normalized spacial score (nSPS) is 11.7. The van der Waals surface area contributed by atoms with Crippen LogP contribution >= 0.6 is 0 Å². The van der Waals surface area contributed by atoms with Gasteiger partial charge in [-0.2, -0.15) is 5.26 Å². The number of hydrogen-bond donors (Lipinski definition) is 0. The van der Waals surface area contributed by atoms with Crippen LogP contribution in [0.2, 0.25) is 0 Å². The Morgan fingerprint density at radius 3 is 2.33 bits per heavy atom. The SMILES string of the molecule is CCc1cc(C(C)(C)c2ccc(-c3ccc4nc(C)ncc4c3)cc2)cc(C#N)c1OCCCCC(OC)OC. The predicted molar refractivity (Wildman–Crippen MR) is 160 cm³/mol. The Morgan fingerprint density at radius 2 is 1.65 bits per heavy atom. The molecule has 0 saturated heterocycles. The first-order chi connectivity index (χ1) is 19.3. The number of aromatic nitrogens is 2. The van der Waals surface area contributed by atoms with E-state index in [-0.39, 0.29) is 11.7 Å². The highest BCUT2D eigenvalue weighted by molar-refractivity contribution is 5.83. The lowest BCUT2D eigenvalue weighted by molar-refractivity contribution is -0.107. The fourth-order valence-electron chi connectivity index (χ4n) is 5.04. The second-order valence-corrected chi connectivity index (χ2v) is 10.6. The van der Waals surface area contributed by atoms with Gasteiger partial charge in [0.2, 0.25) is 0 Å². The van der Waals surface area contributed by atoms with Crippen molar-refractivity contribution in [3.05, 3.63) is 88.9 Å². The van der Waals surface area contributed by atoms with Crippen LogP contribution in [-0.2, 0) is 21.3 Å². The van der Waals surface area contributed by atoms with Crippen LogP contribution in [0, 0.1) is 18.3 Å². The second-order valence-electron chi connectivity index (χ2n) is 10.6. The van der Waals surface area contributed by atoms with E-state index in [0.717, 1.165) is 64.7 Å². The van der Waals surface area contributed by atoms with Crippen molar-refractivity contribution < 1.29 is 14.2 Å². The number of hydrogen-bond acceptors (Lipinski definition) is 6. The van der Waals surface area contributed by atoms with Crippen molar-refractivity contribution in [3.63, 3.8) is 0 Å². The van der Waals surface area contributed by atoms with Crippen molar-refractivity contribution >= 4 is 10.9 Å². The van der Waals surface area contributed by atoms with E-state index in [1.807, 2.05) is 25.3 Å². The molecule has 4 aromatic rings. The molecule has 1 aromatic heterocycles. The van der Waals surface area contributed by atoms with E-state index in [2.05, 4.69) is 79.3 Å². The van der Waals surface area contributed by atoms with Crippen LogP contribution in [0.3, 0.4) is 0 Å². The van der Waals surface area contributed by atoms with Crippen molar-refractivity contribution in [2.24, 2.45) is 0 Å². The predicted octanol–water partition coefficient (Wildman–Crippen LogP) is 7.53. The monoisotopic (exact) mass is 537 g/mol. The van der Waals surface area contributed by atoms with Crippen LogP contribution < -0.4 is 4.74 Å². The Labute approximate surface area is 238 Å². The highest BCUT2D eigenvalue weighted by atomic mass is 16.7. The quantitative estimate of drug-likeness (QED) is 0.137. The molecule has 0 aliphatic heterocycles. The van der Waals surface area contributed by atoms with Gasteiger partial charge in [-0.05, 0) is 78.6 Å². The third kappa shape index (κ3) is 6.50. The van der Waals surface area contributed by atoms with E-state index in [1.165, 1.54) is 5.56 Å². The van der Waals surface area contributed by atoms with Gasteiger partial charge in [0.25, 0.3) is 0 Å². The smallest absolute Gasteiger partial charge is 0.156 e. The third-order valence-corrected chi connectivity index (χ3v) is 7.64. The molecule has 4 rings (SSSR count). The molecule has 40 heavy (non-hydrogen) atoms. The summed E-state index contributed by atoms with van der Waals surface area (Å²) in [6.45, 7) is 8.96. The highest BCUT2D eigenvalue weighted by Gasteiger charge is 2.26. The molecule has 0 fully saturated rings. The molecule has 0 aliphatic rings. The highest BCUT2D eigenvalue weighted by Crippen LogP contribution is 2.37. The number of fused-ring (bicyclic) bond motifs is 1. The average molecular weight is 538 g/mol. The molecule has 0 N–H and O–H groups in total. The van der Waals surface area contributed by atoms with Crippen LogP contribution in [-0.4, -0.2) is 37.1 Å². The summed E-state index contributed by atoms with van der Waals surface area (Å²) >= 11 is 0. The van der Waals surface area contributed by atoms with Gasteiger partial charge in [-0.1, -0.05) is 57.2 Å². The number of rotatable bonds is 12. The number of methoxy groups -OCH3 is 2. The Morgan fingerprint density at radius 1 is 0.925 bits per heavy atom. The van der Waals surface area contributed by atoms with Crippen LogP contribution in [0.4, 0.5) is 0 Å². The van der Waals surface area contributed by atoms with Gasteiger partial charge in [-0.3, -0.25) is 0 Å². The summed E-state index contributed by atoms with van der Waals surface area (Å²) in [4.78, 5) is 8.85. The molecule has 6 heteroatoms. The summed E-state index contributed by atoms with van der Waals surface area (Å²) in [6.07, 6.45) is 5.06. The molecule has 0 radical (unpaired) electrons. The van der Waals surface area contributed by atoms with Gasteiger partial charge in [0.15, 0.2) is 6.29 Å². The van der Waals surface area contributed by atoms with E-state index in [1.54, 1.807) is 14.2 Å². The molecule has 0 spiro atoms. The lowest BCUT2D eigenvalue weighted by atomic mass is 9.76. The molecule has 0 amide bonds. The Kier molecular flexibility index (Phi) is 9.52. The largest absolute Gasteiger partial charge is 0.492 e. The van der Waals surface area contributed by atoms with E-state index in [0.29, 0.717) is 17.9 Å². The first-order valence-electron chi connectivity index (χ1n) is 13.9. The maximum absolute atomic E-state index is 10.0. The number of nitriles is 1. The number of aryl methyl sites for hydroxylation is 2. The van der Waals surface area contributed by atoms with Gasteiger partial charge in [0.05, 0.1) is 17.7 Å². The summed E-state index contributed by atoms with van der Waals surface area (Å²) in [5, 5.41) is 11.0. The van der Waals surface area contributed by atoms with Crippen LogP contribution in [0.5, 0.6) is 5.75 Å². The summed E-state index contributed by atoms with van der Waals surface area (Å²) in [7, 11) is 3.30. The van der Waals surface area contributed by atoms with Crippen LogP contribution in [0.15, 0.2) is 60.8 Å². The van der Waals surface area contributed by atoms with Gasteiger partial charge in [0.1, 0.15) is 17.6 Å². The van der Waals surface area contributed by atoms with E-state index >= 15 is 0 Å². The minimum atomic E-state index is -0.295. The number of benzene rings is 3. The van der Waals surface area contributed by atoms with Gasteiger partial charge in [-0.15, -0.1) is 0 Å². The van der Waals surface area contributed by atoms with Crippen molar-refractivity contribution in [1.82, 2.24) is 9.97 Å². The molecular formula is C34H39N3O3. The van der Waals surface area contributed by atoms with E-state index < -0.39 is 0 Å². The molecule has 3 aromatic carbocycles. The van der Waals surface area contributed by atoms with Gasteiger partial charge < -0.3 is 14.2 Å². The molecule has 0 atom stereocenters. The first kappa shape index (κ1) is 29.2. The van der Waals surface area contributed by atoms with Gasteiger partial charge in [-0.25, -0.2) is 9.97 Å². The van der Waals surface area contributed by atoms with Crippen molar-refractivity contribution in [3.8, 4) is 22.9 Å². The lowest BCUT2D eigenvalue weighted by Crippen LogP contribution is -2.20. The van der Waals surface area contributed by atoms with Crippen molar-refractivity contribution in [2.75, 3.05) is 20.8 Å². The Balaban J connectivity index is 1.53. The zero-order chi connectivity index (χ0) is 28.7. The maximum atomic E-state index is 10.0. The fourth-order valence-corrected chi connectivity index (χ4v) is 5.04. The lowest BCUT2D eigenvalue weighted by Gasteiger charge is -2.28. The molecule has 6 nitrogen and oxygen atoms in total. The molecule has 0 aliphatic carbocycles. The van der Waals surface area contributed by atoms with E-state index in [9.17, 15) is 5.26 Å². The summed E-state index contributed by atoms with van der Waals surface area (Å²) < 4.78 is 16.7. The second kappa shape index (κ2) is 13.0. The number of unbranched alkanes of at least 4 members (excludes halogenated alkanes) is 1. The van der Waals surface area contributed by atoms with Crippen LogP contribution in [0.25, 0.3) is 22.0 Å². The minimum absolute atomic E-state index is 0.192. The fraction of sp³-hybridized carbons (Fsp3) is 0.382. The van der Waals surface area contributed by atoms with Crippen LogP contribution in [0.1, 0.15) is 68.1 Å². The summed E-state index contributed by atoms with van der Waals surface area (Å²) in [6, 6.07) is 21.5. The summed E-state index contributed by atoms with van der Waals surface area (Å²) in [5.74, 6) is 1.47. The topological polar surface area (TPSA) is 77.3 Å². The standard InChI is InChI=1S/C34H39N3O3/c1-7-24-19-30(20-27(21-35)33(24)40-17-9-8-10-32(38-5)39-6)34(3,4)29-14-11-25(12-15-29)26-13-16-31-28(18-26)22-36-23(2)37-31/h11-16,18-20,22,32H,7-10,17H2,1-6H3. The van der Waals surface area contributed by atoms with Crippen molar-refractivity contribution in [1.29, 1.82) is 5.26 Å². The maximum Gasteiger partial charge on any atom is 0.156 e.